The van der Waals surface area contributed by atoms with Crippen molar-refractivity contribution >= 4 is 0 Å². The number of hydrogen-bond donors (Lipinski definition) is 1. The smallest absolute Gasteiger partial charge is 0.120 e. The van der Waals surface area contributed by atoms with Gasteiger partial charge >= 0.3 is 0 Å². The Morgan fingerprint density at radius 2 is 1.71 bits per heavy atom. The van der Waals surface area contributed by atoms with Crippen LogP contribution in [0.15, 0.2) is 24.3 Å². The maximum absolute atomic E-state index is 6.14. The zero-order valence-electron chi connectivity index (χ0n) is 10.9. The molecule has 2 N–H and O–H groups in total. The minimum Gasteiger partial charge on any atom is -0.488 e. The van der Waals surface area contributed by atoms with Gasteiger partial charge in [0.05, 0.1) is 0 Å². The topological polar surface area (TPSA) is 35.2 Å². The van der Waals surface area contributed by atoms with Gasteiger partial charge in [-0.25, -0.2) is 0 Å². The van der Waals surface area contributed by atoms with E-state index in [1.54, 1.807) is 0 Å². The van der Waals surface area contributed by atoms with Crippen LogP contribution in [0.5, 0.6) is 5.75 Å². The summed E-state index contributed by atoms with van der Waals surface area (Å²) in [5.41, 5.74) is 7.03. The van der Waals surface area contributed by atoms with Gasteiger partial charge in [0, 0.05) is 6.04 Å². The molecule has 1 aliphatic carbocycles. The van der Waals surface area contributed by atoms with Gasteiger partial charge in [0.15, 0.2) is 0 Å². The standard InChI is InChI=1S/C15H23NO/c1-12(16)13-6-8-14(9-7-13)17-15(2)10-4-3-5-11-15/h6-9,12H,3-5,10-11,16H2,1-2H3. The summed E-state index contributed by atoms with van der Waals surface area (Å²) in [6.07, 6.45) is 6.26. The van der Waals surface area contributed by atoms with E-state index in [1.165, 1.54) is 32.1 Å². The highest BCUT2D eigenvalue weighted by Crippen LogP contribution is 2.32. The van der Waals surface area contributed by atoms with Crippen molar-refractivity contribution in [1.82, 2.24) is 0 Å². The molecule has 1 aliphatic rings. The Hall–Kier alpha value is -1.02. The molecule has 2 nitrogen and oxygen atoms in total. The zero-order valence-corrected chi connectivity index (χ0v) is 10.9. The number of nitrogens with two attached hydrogens (primary N) is 1. The van der Waals surface area contributed by atoms with Gasteiger partial charge in [-0.2, -0.15) is 0 Å². The second-order valence-corrected chi connectivity index (χ2v) is 5.47. The Morgan fingerprint density at radius 1 is 1.12 bits per heavy atom. The molecule has 1 fully saturated rings. The van der Waals surface area contributed by atoms with Gasteiger partial charge in [-0.1, -0.05) is 18.6 Å². The van der Waals surface area contributed by atoms with Gasteiger partial charge in [-0.3, -0.25) is 0 Å². The summed E-state index contributed by atoms with van der Waals surface area (Å²) in [6.45, 7) is 4.23. The highest BCUT2D eigenvalue weighted by atomic mass is 16.5. The fourth-order valence-electron chi connectivity index (χ4n) is 2.53. The lowest BCUT2D eigenvalue weighted by molar-refractivity contribution is 0.0487. The summed E-state index contributed by atoms with van der Waals surface area (Å²) in [6, 6.07) is 8.30. The molecule has 2 heteroatoms. The van der Waals surface area contributed by atoms with Crippen LogP contribution in [0.2, 0.25) is 0 Å². The first-order valence-corrected chi connectivity index (χ1v) is 6.64. The lowest BCUT2D eigenvalue weighted by Gasteiger charge is -2.34. The molecule has 17 heavy (non-hydrogen) atoms. The van der Waals surface area contributed by atoms with Gasteiger partial charge in [0.1, 0.15) is 11.4 Å². The van der Waals surface area contributed by atoms with Gasteiger partial charge in [-0.05, 0) is 57.2 Å². The molecule has 0 aromatic heterocycles. The van der Waals surface area contributed by atoms with E-state index in [1.807, 2.05) is 19.1 Å². The predicted molar refractivity (Wildman–Crippen MR) is 71.2 cm³/mol. The molecular formula is C15H23NO. The summed E-state index contributed by atoms with van der Waals surface area (Å²) in [4.78, 5) is 0. The van der Waals surface area contributed by atoms with Crippen LogP contribution in [0.4, 0.5) is 0 Å². The molecule has 0 spiro atoms. The summed E-state index contributed by atoms with van der Waals surface area (Å²) in [5.74, 6) is 0.971. The fourth-order valence-corrected chi connectivity index (χ4v) is 2.53. The normalized spacial score (nSPS) is 20.9. The Balaban J connectivity index is 2.03. The molecule has 1 aromatic rings. The molecule has 0 aliphatic heterocycles. The van der Waals surface area contributed by atoms with Gasteiger partial charge in [0.25, 0.3) is 0 Å². The van der Waals surface area contributed by atoms with Crippen molar-refractivity contribution in [1.29, 1.82) is 0 Å². The van der Waals surface area contributed by atoms with Gasteiger partial charge in [0.2, 0.25) is 0 Å². The second-order valence-electron chi connectivity index (χ2n) is 5.47. The Morgan fingerprint density at radius 3 is 2.24 bits per heavy atom. The lowest BCUT2D eigenvalue weighted by atomic mass is 9.86. The van der Waals surface area contributed by atoms with E-state index in [-0.39, 0.29) is 11.6 Å². The van der Waals surface area contributed by atoms with Crippen molar-refractivity contribution in [3.63, 3.8) is 0 Å². The molecule has 0 heterocycles. The van der Waals surface area contributed by atoms with Crippen LogP contribution in [0.1, 0.15) is 57.6 Å². The molecular weight excluding hydrogens is 210 g/mol. The number of hydrogen-bond acceptors (Lipinski definition) is 2. The SMILES string of the molecule is CC(N)c1ccc(OC2(C)CCCCC2)cc1. The summed E-state index contributed by atoms with van der Waals surface area (Å²) < 4.78 is 6.14. The minimum absolute atomic E-state index is 0.0358. The van der Waals surface area contributed by atoms with E-state index < -0.39 is 0 Å². The van der Waals surface area contributed by atoms with Crippen LogP contribution in [-0.4, -0.2) is 5.60 Å². The minimum atomic E-state index is 0.0358. The maximum atomic E-state index is 6.14. The monoisotopic (exact) mass is 233 g/mol. The van der Waals surface area contributed by atoms with Crippen LogP contribution in [0.25, 0.3) is 0 Å². The Labute approximate surface area is 104 Å². The first kappa shape index (κ1) is 12.4. The maximum Gasteiger partial charge on any atom is 0.120 e. The third kappa shape index (κ3) is 3.22. The van der Waals surface area contributed by atoms with Crippen LogP contribution in [0, 0.1) is 0 Å². The second kappa shape index (κ2) is 5.09. The molecule has 1 unspecified atom stereocenters. The average Bonchev–Trinajstić information content (AvgIpc) is 2.30. The molecule has 0 bridgehead atoms. The van der Waals surface area contributed by atoms with Crippen LogP contribution < -0.4 is 10.5 Å². The first-order chi connectivity index (χ1) is 8.09. The van der Waals surface area contributed by atoms with Gasteiger partial charge < -0.3 is 10.5 Å². The van der Waals surface area contributed by atoms with Crippen LogP contribution >= 0.6 is 0 Å². The number of rotatable bonds is 3. The third-order valence-corrected chi connectivity index (χ3v) is 3.68. The van der Waals surface area contributed by atoms with E-state index in [2.05, 4.69) is 19.1 Å². The lowest BCUT2D eigenvalue weighted by Crippen LogP contribution is -2.34. The Kier molecular flexibility index (Phi) is 3.72. The quantitative estimate of drug-likeness (QED) is 0.861. The number of ether oxygens (including phenoxy) is 1. The summed E-state index contributed by atoms with van der Waals surface area (Å²) in [5, 5.41) is 0. The largest absolute Gasteiger partial charge is 0.488 e. The fraction of sp³-hybridized carbons (Fsp3) is 0.600. The van der Waals surface area contributed by atoms with Crippen molar-refractivity contribution in [3.05, 3.63) is 29.8 Å². The third-order valence-electron chi connectivity index (χ3n) is 3.68. The van der Waals surface area contributed by atoms with Crippen molar-refractivity contribution in [3.8, 4) is 5.75 Å². The van der Waals surface area contributed by atoms with E-state index in [4.69, 9.17) is 10.5 Å². The molecule has 94 valence electrons. The first-order valence-electron chi connectivity index (χ1n) is 6.64. The van der Waals surface area contributed by atoms with Crippen molar-refractivity contribution < 1.29 is 4.74 Å². The van der Waals surface area contributed by atoms with Crippen molar-refractivity contribution in [2.24, 2.45) is 5.73 Å². The molecule has 1 atom stereocenters. The predicted octanol–water partition coefficient (Wildman–Crippen LogP) is 3.81. The summed E-state index contributed by atoms with van der Waals surface area (Å²) in [7, 11) is 0. The molecule has 1 aromatic carbocycles. The molecule has 2 rings (SSSR count). The van der Waals surface area contributed by atoms with E-state index in [0.29, 0.717) is 0 Å². The highest BCUT2D eigenvalue weighted by molar-refractivity contribution is 5.29. The van der Waals surface area contributed by atoms with E-state index in [0.717, 1.165) is 11.3 Å². The number of benzene rings is 1. The molecule has 0 radical (unpaired) electrons. The van der Waals surface area contributed by atoms with E-state index in [9.17, 15) is 0 Å². The zero-order chi connectivity index (χ0) is 12.3. The van der Waals surface area contributed by atoms with Crippen molar-refractivity contribution in [2.75, 3.05) is 0 Å². The van der Waals surface area contributed by atoms with Crippen LogP contribution in [-0.2, 0) is 0 Å². The molecule has 0 saturated heterocycles. The summed E-state index contributed by atoms with van der Waals surface area (Å²) >= 11 is 0. The molecule has 0 amide bonds. The van der Waals surface area contributed by atoms with Crippen molar-refractivity contribution in [2.45, 2.75) is 57.6 Å². The van der Waals surface area contributed by atoms with Crippen LogP contribution in [0.3, 0.4) is 0 Å². The van der Waals surface area contributed by atoms with E-state index >= 15 is 0 Å². The Bertz CT molecular complexity index is 350. The highest BCUT2D eigenvalue weighted by Gasteiger charge is 2.28. The molecule has 1 saturated carbocycles. The van der Waals surface area contributed by atoms with Gasteiger partial charge in [-0.15, -0.1) is 0 Å². The average molecular weight is 233 g/mol.